The second-order valence-corrected chi connectivity index (χ2v) is 6.75. The number of hydrogen-bond acceptors (Lipinski definition) is 5. The summed E-state index contributed by atoms with van der Waals surface area (Å²) in [6.07, 6.45) is 3.06. The number of amides is 2. The van der Waals surface area contributed by atoms with Crippen molar-refractivity contribution in [3.8, 4) is 5.75 Å². The van der Waals surface area contributed by atoms with Crippen molar-refractivity contribution in [2.75, 3.05) is 32.1 Å². The number of para-hydroxylation sites is 1. The normalized spacial score (nSPS) is 13.5. The molecule has 2 amide bonds. The van der Waals surface area contributed by atoms with E-state index in [1.54, 1.807) is 60.5 Å². The van der Waals surface area contributed by atoms with Gasteiger partial charge in [-0.05, 0) is 55.7 Å². The summed E-state index contributed by atoms with van der Waals surface area (Å²) in [6.45, 7) is 1.09. The first-order valence-electron chi connectivity index (χ1n) is 9.58. The van der Waals surface area contributed by atoms with Gasteiger partial charge < -0.3 is 19.7 Å². The van der Waals surface area contributed by atoms with Crippen LogP contribution in [-0.2, 0) is 9.53 Å². The average molecular weight is 396 g/mol. The summed E-state index contributed by atoms with van der Waals surface area (Å²) in [5.41, 5.74) is 0.943. The molecule has 0 atom stereocenters. The highest BCUT2D eigenvalue weighted by Gasteiger charge is 2.20. The molecule has 0 saturated carbocycles. The number of carbonyl (C=O) groups is 3. The third-order valence-corrected chi connectivity index (χ3v) is 4.78. The number of hydrogen-bond donors (Lipinski definition) is 1. The van der Waals surface area contributed by atoms with Crippen LogP contribution in [0.25, 0.3) is 0 Å². The van der Waals surface area contributed by atoms with Crippen LogP contribution in [0.5, 0.6) is 5.75 Å². The maximum atomic E-state index is 12.5. The number of rotatable bonds is 6. The van der Waals surface area contributed by atoms with Gasteiger partial charge in [0.25, 0.3) is 11.8 Å². The molecular weight excluding hydrogens is 372 g/mol. The fourth-order valence-electron chi connectivity index (χ4n) is 3.15. The van der Waals surface area contributed by atoms with E-state index in [9.17, 15) is 14.4 Å². The van der Waals surface area contributed by atoms with Crippen molar-refractivity contribution in [2.45, 2.75) is 19.3 Å². The molecule has 29 heavy (non-hydrogen) atoms. The number of nitrogens with zero attached hydrogens (tertiary/aromatic N) is 1. The first-order valence-corrected chi connectivity index (χ1v) is 9.58. The average Bonchev–Trinajstić information content (AvgIpc) is 2.78. The molecule has 1 aliphatic heterocycles. The molecule has 0 aliphatic carbocycles. The van der Waals surface area contributed by atoms with E-state index < -0.39 is 5.97 Å². The highest BCUT2D eigenvalue weighted by Crippen LogP contribution is 2.19. The minimum absolute atomic E-state index is 0.195. The predicted molar refractivity (Wildman–Crippen MR) is 108 cm³/mol. The van der Waals surface area contributed by atoms with Gasteiger partial charge >= 0.3 is 5.97 Å². The fraction of sp³-hybridized carbons (Fsp3) is 0.318. The Balaban J connectivity index is 1.63. The van der Waals surface area contributed by atoms with Crippen molar-refractivity contribution in [1.82, 2.24) is 4.90 Å². The van der Waals surface area contributed by atoms with Crippen molar-refractivity contribution in [3.63, 3.8) is 0 Å². The van der Waals surface area contributed by atoms with Crippen molar-refractivity contribution < 1.29 is 23.9 Å². The van der Waals surface area contributed by atoms with Gasteiger partial charge in [-0.25, -0.2) is 4.79 Å². The topological polar surface area (TPSA) is 84.9 Å². The maximum absolute atomic E-state index is 12.5. The zero-order valence-electron chi connectivity index (χ0n) is 16.3. The lowest BCUT2D eigenvalue weighted by atomic mass is 10.1. The third kappa shape index (κ3) is 5.34. The highest BCUT2D eigenvalue weighted by molar-refractivity contribution is 6.08. The summed E-state index contributed by atoms with van der Waals surface area (Å²) in [6, 6.07) is 13.2. The number of piperidine rings is 1. The molecule has 2 aromatic rings. The first-order chi connectivity index (χ1) is 14.1. The first kappa shape index (κ1) is 20.4. The van der Waals surface area contributed by atoms with Gasteiger partial charge in [-0.3, -0.25) is 9.59 Å². The van der Waals surface area contributed by atoms with Gasteiger partial charge in [0.2, 0.25) is 0 Å². The maximum Gasteiger partial charge on any atom is 0.340 e. The molecule has 1 aliphatic rings. The molecule has 0 bridgehead atoms. The second kappa shape index (κ2) is 9.73. The Labute approximate surface area is 169 Å². The van der Waals surface area contributed by atoms with Crippen molar-refractivity contribution in [2.24, 2.45) is 0 Å². The molecule has 1 N–H and O–H groups in total. The third-order valence-electron chi connectivity index (χ3n) is 4.78. The standard InChI is InChI=1S/C22H24N2O5/c1-28-17-11-9-16(10-12-17)21(26)23-19-8-4-3-7-18(19)22(27)29-15-20(25)24-13-5-2-6-14-24/h3-4,7-12H,2,5-6,13-15H2,1H3,(H,23,26). The van der Waals surface area contributed by atoms with Crippen molar-refractivity contribution in [1.29, 1.82) is 0 Å². The van der Waals surface area contributed by atoms with E-state index in [0.717, 1.165) is 19.3 Å². The Kier molecular flexibility index (Phi) is 6.84. The predicted octanol–water partition coefficient (Wildman–Crippen LogP) is 3.12. The SMILES string of the molecule is COc1ccc(C(=O)Nc2ccccc2C(=O)OCC(=O)N2CCCCC2)cc1. The molecule has 1 heterocycles. The van der Waals surface area contributed by atoms with Crippen LogP contribution >= 0.6 is 0 Å². The number of likely N-dealkylation sites (tertiary alicyclic amines) is 1. The van der Waals surface area contributed by atoms with Crippen LogP contribution in [0.2, 0.25) is 0 Å². The summed E-state index contributed by atoms with van der Waals surface area (Å²) in [4.78, 5) is 38.9. The number of benzene rings is 2. The molecule has 0 radical (unpaired) electrons. The van der Waals surface area contributed by atoms with Gasteiger partial charge in [-0.1, -0.05) is 12.1 Å². The van der Waals surface area contributed by atoms with Crippen molar-refractivity contribution in [3.05, 3.63) is 59.7 Å². The van der Waals surface area contributed by atoms with Gasteiger partial charge in [-0.15, -0.1) is 0 Å². The van der Waals surface area contributed by atoms with E-state index in [1.165, 1.54) is 0 Å². The zero-order chi connectivity index (χ0) is 20.6. The van der Waals surface area contributed by atoms with Gasteiger partial charge in [0.1, 0.15) is 5.75 Å². The Bertz CT molecular complexity index is 873. The number of ether oxygens (including phenoxy) is 2. The van der Waals surface area contributed by atoms with E-state index in [-0.39, 0.29) is 24.0 Å². The number of esters is 1. The molecule has 0 unspecified atom stereocenters. The van der Waals surface area contributed by atoms with Crippen LogP contribution in [0.15, 0.2) is 48.5 Å². The smallest absolute Gasteiger partial charge is 0.340 e. The Hall–Kier alpha value is -3.35. The Morgan fingerprint density at radius 3 is 2.34 bits per heavy atom. The van der Waals surface area contributed by atoms with Crippen LogP contribution in [0.3, 0.4) is 0 Å². The van der Waals surface area contributed by atoms with Gasteiger partial charge in [0.15, 0.2) is 6.61 Å². The molecule has 0 spiro atoms. The lowest BCUT2D eigenvalue weighted by Crippen LogP contribution is -2.38. The van der Waals surface area contributed by atoms with Crippen molar-refractivity contribution >= 4 is 23.5 Å². The van der Waals surface area contributed by atoms with Gasteiger partial charge in [0, 0.05) is 18.7 Å². The lowest BCUT2D eigenvalue weighted by molar-refractivity contribution is -0.135. The van der Waals surface area contributed by atoms with E-state index in [4.69, 9.17) is 9.47 Å². The molecular formula is C22H24N2O5. The molecule has 7 nitrogen and oxygen atoms in total. The lowest BCUT2D eigenvalue weighted by Gasteiger charge is -2.26. The number of carbonyl (C=O) groups excluding carboxylic acids is 3. The summed E-state index contributed by atoms with van der Waals surface area (Å²) >= 11 is 0. The summed E-state index contributed by atoms with van der Waals surface area (Å²) in [5, 5.41) is 2.72. The van der Waals surface area contributed by atoms with E-state index in [2.05, 4.69) is 5.32 Å². The summed E-state index contributed by atoms with van der Waals surface area (Å²) < 4.78 is 10.3. The van der Waals surface area contributed by atoms with Crippen LogP contribution in [-0.4, -0.2) is 49.5 Å². The van der Waals surface area contributed by atoms with Gasteiger partial charge in [0.05, 0.1) is 18.4 Å². The van der Waals surface area contributed by atoms with E-state index >= 15 is 0 Å². The number of anilines is 1. The molecule has 3 rings (SSSR count). The monoisotopic (exact) mass is 396 g/mol. The Morgan fingerprint density at radius 2 is 1.66 bits per heavy atom. The van der Waals surface area contributed by atoms with Crippen LogP contribution < -0.4 is 10.1 Å². The van der Waals surface area contributed by atoms with E-state index in [0.29, 0.717) is 30.1 Å². The largest absolute Gasteiger partial charge is 0.497 e. The van der Waals surface area contributed by atoms with Crippen LogP contribution in [0.1, 0.15) is 40.0 Å². The second-order valence-electron chi connectivity index (χ2n) is 6.75. The molecule has 0 aromatic heterocycles. The molecule has 1 saturated heterocycles. The molecule has 1 fully saturated rings. The van der Waals surface area contributed by atoms with Crippen LogP contribution in [0, 0.1) is 0 Å². The molecule has 7 heteroatoms. The molecule has 152 valence electrons. The fourth-order valence-corrected chi connectivity index (χ4v) is 3.15. The van der Waals surface area contributed by atoms with Crippen LogP contribution in [0.4, 0.5) is 5.69 Å². The summed E-state index contributed by atoms with van der Waals surface area (Å²) in [5.74, 6) is -0.569. The van der Waals surface area contributed by atoms with E-state index in [1.807, 2.05) is 0 Å². The number of nitrogens with one attached hydrogen (secondary N) is 1. The quantitative estimate of drug-likeness (QED) is 0.759. The Morgan fingerprint density at radius 1 is 0.966 bits per heavy atom. The minimum atomic E-state index is -0.652. The van der Waals surface area contributed by atoms with Gasteiger partial charge in [-0.2, -0.15) is 0 Å². The zero-order valence-corrected chi connectivity index (χ0v) is 16.3. The molecule has 2 aromatic carbocycles. The summed E-state index contributed by atoms with van der Waals surface area (Å²) in [7, 11) is 1.55. The number of methoxy groups -OCH3 is 1. The minimum Gasteiger partial charge on any atom is -0.497 e. The highest BCUT2D eigenvalue weighted by atomic mass is 16.5.